The van der Waals surface area contributed by atoms with Crippen LogP contribution in [0.25, 0.3) is 0 Å². The Bertz CT molecular complexity index is 389. The fraction of sp³-hybridized carbons (Fsp3) is 0.455. The van der Waals surface area contributed by atoms with Gasteiger partial charge in [-0.3, -0.25) is 0 Å². The molecule has 0 radical (unpaired) electrons. The summed E-state index contributed by atoms with van der Waals surface area (Å²) >= 11 is 0. The van der Waals surface area contributed by atoms with Crippen LogP contribution in [0.4, 0.5) is 18.9 Å². The standard InChI is InChI=1S/C11H12F3NO/c1-16-10-4-5-15-9-6-7(11(12,13)14)2-3-8(9)10/h2-3,6,10,15H,4-5H2,1H3. The lowest BCUT2D eigenvalue weighted by molar-refractivity contribution is -0.137. The number of hydrogen-bond donors (Lipinski definition) is 1. The highest BCUT2D eigenvalue weighted by Crippen LogP contribution is 2.37. The highest BCUT2D eigenvalue weighted by molar-refractivity contribution is 5.56. The number of nitrogens with one attached hydrogen (secondary N) is 1. The van der Waals surface area contributed by atoms with Crippen LogP contribution in [0.5, 0.6) is 0 Å². The van der Waals surface area contributed by atoms with Gasteiger partial charge >= 0.3 is 6.18 Å². The smallest absolute Gasteiger partial charge is 0.385 e. The first-order valence-corrected chi connectivity index (χ1v) is 5.00. The largest absolute Gasteiger partial charge is 0.416 e. The number of ether oxygens (including phenoxy) is 1. The molecule has 0 aliphatic carbocycles. The molecule has 1 aromatic carbocycles. The molecule has 0 amide bonds. The summed E-state index contributed by atoms with van der Waals surface area (Å²) in [4.78, 5) is 0. The van der Waals surface area contributed by atoms with Crippen molar-refractivity contribution in [2.24, 2.45) is 0 Å². The minimum Gasteiger partial charge on any atom is -0.385 e. The normalized spacial score (nSPS) is 20.1. The summed E-state index contributed by atoms with van der Waals surface area (Å²) in [6, 6.07) is 3.72. The zero-order valence-corrected chi connectivity index (χ0v) is 8.77. The van der Waals surface area contributed by atoms with E-state index < -0.39 is 11.7 Å². The van der Waals surface area contributed by atoms with E-state index >= 15 is 0 Å². The van der Waals surface area contributed by atoms with E-state index in [1.807, 2.05) is 0 Å². The van der Waals surface area contributed by atoms with Gasteiger partial charge in [0.1, 0.15) is 0 Å². The van der Waals surface area contributed by atoms with Crippen LogP contribution >= 0.6 is 0 Å². The maximum Gasteiger partial charge on any atom is 0.416 e. The second kappa shape index (κ2) is 3.97. The van der Waals surface area contributed by atoms with Gasteiger partial charge in [-0.2, -0.15) is 13.2 Å². The summed E-state index contributed by atoms with van der Waals surface area (Å²) in [5.41, 5.74) is 0.685. The number of anilines is 1. The third kappa shape index (κ3) is 2.00. The Morgan fingerprint density at radius 3 is 2.75 bits per heavy atom. The topological polar surface area (TPSA) is 21.3 Å². The molecule has 0 saturated carbocycles. The van der Waals surface area contributed by atoms with Crippen LogP contribution in [-0.2, 0) is 10.9 Å². The van der Waals surface area contributed by atoms with Crippen LogP contribution in [0.3, 0.4) is 0 Å². The minimum atomic E-state index is -4.29. The minimum absolute atomic E-state index is 0.112. The monoisotopic (exact) mass is 231 g/mol. The van der Waals surface area contributed by atoms with E-state index in [2.05, 4.69) is 5.32 Å². The molecule has 16 heavy (non-hydrogen) atoms. The van der Waals surface area contributed by atoms with Crippen molar-refractivity contribution < 1.29 is 17.9 Å². The molecule has 1 heterocycles. The van der Waals surface area contributed by atoms with E-state index in [0.717, 1.165) is 24.1 Å². The predicted molar refractivity (Wildman–Crippen MR) is 54.3 cm³/mol. The number of methoxy groups -OCH3 is 1. The molecule has 0 saturated heterocycles. The number of hydrogen-bond acceptors (Lipinski definition) is 2. The Labute approximate surface area is 91.4 Å². The van der Waals surface area contributed by atoms with Crippen LogP contribution in [0.2, 0.25) is 0 Å². The Morgan fingerprint density at radius 1 is 1.38 bits per heavy atom. The van der Waals surface area contributed by atoms with E-state index in [9.17, 15) is 13.2 Å². The van der Waals surface area contributed by atoms with E-state index in [1.54, 1.807) is 7.11 Å². The zero-order valence-electron chi connectivity index (χ0n) is 8.77. The number of benzene rings is 1. The van der Waals surface area contributed by atoms with Crippen molar-refractivity contribution in [1.29, 1.82) is 0 Å². The lowest BCUT2D eigenvalue weighted by atomic mass is 9.98. The Balaban J connectivity index is 2.39. The van der Waals surface area contributed by atoms with Gasteiger partial charge in [0.15, 0.2) is 0 Å². The van der Waals surface area contributed by atoms with Crippen molar-refractivity contribution in [2.75, 3.05) is 19.0 Å². The highest BCUT2D eigenvalue weighted by atomic mass is 19.4. The van der Waals surface area contributed by atoms with Gasteiger partial charge in [0.25, 0.3) is 0 Å². The van der Waals surface area contributed by atoms with Gasteiger partial charge in [0, 0.05) is 24.9 Å². The molecule has 2 nitrogen and oxygen atoms in total. The number of halogens is 3. The van der Waals surface area contributed by atoms with Gasteiger partial charge in [-0.25, -0.2) is 0 Å². The Hall–Kier alpha value is -1.23. The lowest BCUT2D eigenvalue weighted by Crippen LogP contribution is -2.19. The summed E-state index contributed by atoms with van der Waals surface area (Å²) in [5.74, 6) is 0. The van der Waals surface area contributed by atoms with Crippen molar-refractivity contribution in [3.8, 4) is 0 Å². The maximum absolute atomic E-state index is 12.5. The van der Waals surface area contributed by atoms with Crippen molar-refractivity contribution in [3.63, 3.8) is 0 Å². The summed E-state index contributed by atoms with van der Waals surface area (Å²) in [5, 5.41) is 2.96. The van der Waals surface area contributed by atoms with E-state index in [-0.39, 0.29) is 6.10 Å². The van der Waals surface area contributed by atoms with Crippen molar-refractivity contribution in [3.05, 3.63) is 29.3 Å². The first-order chi connectivity index (χ1) is 7.52. The summed E-state index contributed by atoms with van der Waals surface area (Å²) in [7, 11) is 1.57. The van der Waals surface area contributed by atoms with Crippen molar-refractivity contribution in [2.45, 2.75) is 18.7 Å². The number of fused-ring (bicyclic) bond motifs is 1. The molecule has 0 bridgehead atoms. The Morgan fingerprint density at radius 2 is 2.12 bits per heavy atom. The summed E-state index contributed by atoms with van der Waals surface area (Å²) < 4.78 is 42.7. The molecule has 1 aliphatic rings. The number of alkyl halides is 3. The second-order valence-electron chi connectivity index (χ2n) is 3.74. The Kier molecular flexibility index (Phi) is 2.80. The molecule has 0 aromatic heterocycles. The zero-order chi connectivity index (χ0) is 11.8. The van der Waals surface area contributed by atoms with Crippen molar-refractivity contribution in [1.82, 2.24) is 0 Å². The summed E-state index contributed by atoms with van der Waals surface area (Å²) in [6.07, 6.45) is -3.63. The predicted octanol–water partition coefficient (Wildman–Crippen LogP) is 3.21. The molecule has 1 aromatic rings. The molecule has 1 N–H and O–H groups in total. The highest BCUT2D eigenvalue weighted by Gasteiger charge is 2.32. The SMILES string of the molecule is COC1CCNc2cc(C(F)(F)F)ccc21. The quantitative estimate of drug-likeness (QED) is 0.801. The van der Waals surface area contributed by atoms with Gasteiger partial charge < -0.3 is 10.1 Å². The average molecular weight is 231 g/mol. The molecular formula is C11H12F3NO. The molecule has 0 fully saturated rings. The first-order valence-electron chi connectivity index (χ1n) is 5.00. The fourth-order valence-electron chi connectivity index (χ4n) is 1.90. The average Bonchev–Trinajstić information content (AvgIpc) is 2.26. The van der Waals surface area contributed by atoms with Gasteiger partial charge in [0.2, 0.25) is 0 Å². The van der Waals surface area contributed by atoms with Gasteiger partial charge in [0.05, 0.1) is 11.7 Å². The van der Waals surface area contributed by atoms with Gasteiger partial charge in [-0.1, -0.05) is 6.07 Å². The van der Waals surface area contributed by atoms with Crippen LogP contribution in [0.15, 0.2) is 18.2 Å². The first kappa shape index (κ1) is 11.3. The molecule has 2 rings (SSSR count). The molecule has 5 heteroatoms. The van der Waals surface area contributed by atoms with E-state index in [4.69, 9.17) is 4.74 Å². The van der Waals surface area contributed by atoms with Crippen molar-refractivity contribution >= 4 is 5.69 Å². The molecular weight excluding hydrogens is 219 g/mol. The van der Waals surface area contributed by atoms with Crippen LogP contribution in [0, 0.1) is 0 Å². The van der Waals surface area contributed by atoms with E-state index in [0.29, 0.717) is 12.2 Å². The molecule has 1 unspecified atom stereocenters. The third-order valence-corrected chi connectivity index (χ3v) is 2.73. The van der Waals surface area contributed by atoms with Crippen LogP contribution in [0.1, 0.15) is 23.7 Å². The fourth-order valence-corrected chi connectivity index (χ4v) is 1.90. The molecule has 88 valence electrons. The van der Waals surface area contributed by atoms with Gasteiger partial charge in [-0.05, 0) is 18.6 Å². The maximum atomic E-state index is 12.5. The molecule has 1 atom stereocenters. The molecule has 0 spiro atoms. The lowest BCUT2D eigenvalue weighted by Gasteiger charge is -2.26. The number of rotatable bonds is 1. The van der Waals surface area contributed by atoms with Crippen LogP contribution < -0.4 is 5.32 Å². The third-order valence-electron chi connectivity index (χ3n) is 2.73. The summed E-state index contributed by atoms with van der Waals surface area (Å²) in [6.45, 7) is 0.632. The van der Waals surface area contributed by atoms with Gasteiger partial charge in [-0.15, -0.1) is 0 Å². The second-order valence-corrected chi connectivity index (χ2v) is 3.74. The molecule has 1 aliphatic heterocycles. The van der Waals surface area contributed by atoms with Crippen LogP contribution in [-0.4, -0.2) is 13.7 Å². The van der Waals surface area contributed by atoms with E-state index in [1.165, 1.54) is 6.07 Å².